The molecular weight excluding hydrogens is 371 g/mol. The first-order chi connectivity index (χ1) is 13.3. The van der Waals surface area contributed by atoms with E-state index in [1.165, 1.54) is 6.07 Å². The third kappa shape index (κ3) is 4.35. The van der Waals surface area contributed by atoms with Crippen molar-refractivity contribution in [3.05, 3.63) is 47.8 Å². The lowest BCUT2D eigenvalue weighted by molar-refractivity contribution is -0.146. The smallest absolute Gasteiger partial charge is 0.453 e. The Morgan fingerprint density at radius 3 is 2.54 bits per heavy atom. The lowest BCUT2D eigenvalue weighted by Crippen LogP contribution is -2.17. The van der Waals surface area contributed by atoms with Crippen molar-refractivity contribution in [2.24, 2.45) is 5.92 Å². The van der Waals surface area contributed by atoms with E-state index < -0.39 is 12.0 Å². The minimum absolute atomic E-state index is 0.0352. The van der Waals surface area contributed by atoms with Crippen molar-refractivity contribution in [2.75, 3.05) is 11.9 Å². The van der Waals surface area contributed by atoms with E-state index in [0.29, 0.717) is 22.9 Å². The van der Waals surface area contributed by atoms with Crippen LogP contribution in [0.25, 0.3) is 5.65 Å². The Bertz CT molecular complexity index is 939. The average Bonchev–Trinajstić information content (AvgIpc) is 3.05. The molecule has 150 valence electrons. The molecule has 0 saturated carbocycles. The molecule has 0 spiro atoms. The number of hydrogen-bond acceptors (Lipinski definition) is 5. The number of rotatable bonds is 7. The predicted octanol–water partition coefficient (Wildman–Crippen LogP) is 4.74. The molecule has 1 unspecified atom stereocenters. The molecule has 0 radical (unpaired) electrons. The van der Waals surface area contributed by atoms with E-state index in [1.54, 1.807) is 6.07 Å². The van der Waals surface area contributed by atoms with Crippen LogP contribution < -0.4 is 10.1 Å². The quantitative estimate of drug-likeness (QED) is 0.628. The molecule has 0 aliphatic heterocycles. The summed E-state index contributed by atoms with van der Waals surface area (Å²) in [4.78, 5) is 0. The summed E-state index contributed by atoms with van der Waals surface area (Å²) in [5.74, 6) is 0.233. The van der Waals surface area contributed by atoms with Gasteiger partial charge in [-0.2, -0.15) is 17.7 Å². The van der Waals surface area contributed by atoms with Gasteiger partial charge in [0.15, 0.2) is 5.65 Å². The van der Waals surface area contributed by atoms with Crippen LogP contribution in [0.3, 0.4) is 0 Å². The molecule has 0 bridgehead atoms. The standard InChI is InChI=1S/C19H22F3N5O/c1-4-28-15-8-6-5-7-13(15)14(11-12(2)3)23-16-9-10-17-24-25-18(19(20,21)22)27(17)26-16/h5-10,12,14H,4,11H2,1-3H3,(H,23,26). The molecule has 1 atom stereocenters. The number of benzene rings is 1. The first kappa shape index (κ1) is 19.9. The number of anilines is 1. The maximum absolute atomic E-state index is 13.1. The summed E-state index contributed by atoms with van der Waals surface area (Å²) in [5.41, 5.74) is 0.966. The third-order valence-corrected chi connectivity index (χ3v) is 4.14. The highest BCUT2D eigenvalue weighted by atomic mass is 19.4. The molecule has 0 amide bonds. The first-order valence-electron chi connectivity index (χ1n) is 9.07. The number of nitrogens with zero attached hydrogens (tertiary/aromatic N) is 4. The van der Waals surface area contributed by atoms with Crippen LogP contribution in [0.5, 0.6) is 5.75 Å². The van der Waals surface area contributed by atoms with Crippen molar-refractivity contribution in [3.8, 4) is 5.75 Å². The number of fused-ring (bicyclic) bond motifs is 1. The maximum atomic E-state index is 13.1. The van der Waals surface area contributed by atoms with Gasteiger partial charge in [0, 0.05) is 5.56 Å². The Morgan fingerprint density at radius 1 is 1.11 bits per heavy atom. The van der Waals surface area contributed by atoms with Crippen molar-refractivity contribution in [1.29, 1.82) is 0 Å². The Balaban J connectivity index is 1.98. The molecule has 0 aliphatic carbocycles. The molecule has 3 rings (SSSR count). The molecule has 0 aliphatic rings. The fourth-order valence-electron chi connectivity index (χ4n) is 3.01. The molecule has 2 heterocycles. The monoisotopic (exact) mass is 393 g/mol. The van der Waals surface area contributed by atoms with E-state index in [0.717, 1.165) is 17.7 Å². The Labute approximate surface area is 160 Å². The van der Waals surface area contributed by atoms with Crippen LogP contribution in [0.2, 0.25) is 0 Å². The summed E-state index contributed by atoms with van der Waals surface area (Å²) in [5, 5.41) is 14.1. The number of aromatic nitrogens is 4. The van der Waals surface area contributed by atoms with E-state index >= 15 is 0 Å². The zero-order chi connectivity index (χ0) is 20.3. The summed E-state index contributed by atoms with van der Waals surface area (Å²) in [6.07, 6.45) is -3.89. The molecule has 1 aromatic carbocycles. The fraction of sp³-hybridized carbons (Fsp3) is 0.421. The molecule has 3 aromatic rings. The van der Waals surface area contributed by atoms with Crippen LogP contribution in [-0.2, 0) is 6.18 Å². The van der Waals surface area contributed by atoms with Gasteiger partial charge in [0.2, 0.25) is 0 Å². The van der Waals surface area contributed by atoms with Crippen LogP contribution in [-0.4, -0.2) is 26.4 Å². The predicted molar refractivity (Wildman–Crippen MR) is 99.2 cm³/mol. The van der Waals surface area contributed by atoms with E-state index in [2.05, 4.69) is 34.5 Å². The second-order valence-electron chi connectivity index (χ2n) is 6.81. The number of para-hydroxylation sites is 1. The highest BCUT2D eigenvalue weighted by molar-refractivity contribution is 5.47. The molecule has 9 heteroatoms. The minimum Gasteiger partial charge on any atom is -0.494 e. The number of alkyl halides is 3. The lowest BCUT2D eigenvalue weighted by atomic mass is 9.96. The van der Waals surface area contributed by atoms with Gasteiger partial charge in [0.25, 0.3) is 5.82 Å². The van der Waals surface area contributed by atoms with Crippen LogP contribution in [0, 0.1) is 5.92 Å². The van der Waals surface area contributed by atoms with Crippen LogP contribution in [0.1, 0.15) is 44.6 Å². The molecule has 28 heavy (non-hydrogen) atoms. The average molecular weight is 393 g/mol. The lowest BCUT2D eigenvalue weighted by Gasteiger charge is -2.24. The van der Waals surface area contributed by atoms with Gasteiger partial charge in [-0.25, -0.2) is 0 Å². The van der Waals surface area contributed by atoms with Gasteiger partial charge in [-0.05, 0) is 37.5 Å². The number of ether oxygens (including phenoxy) is 1. The molecule has 2 aromatic heterocycles. The van der Waals surface area contributed by atoms with Gasteiger partial charge in [-0.15, -0.1) is 15.3 Å². The van der Waals surface area contributed by atoms with Gasteiger partial charge in [0.1, 0.15) is 11.6 Å². The minimum atomic E-state index is -4.63. The van der Waals surface area contributed by atoms with E-state index in [-0.39, 0.29) is 11.7 Å². The molecule has 0 saturated heterocycles. The van der Waals surface area contributed by atoms with Crippen LogP contribution >= 0.6 is 0 Å². The Kier molecular flexibility index (Phi) is 5.71. The summed E-state index contributed by atoms with van der Waals surface area (Å²) in [6.45, 7) is 6.58. The van der Waals surface area contributed by atoms with Crippen molar-refractivity contribution in [2.45, 2.75) is 39.4 Å². The zero-order valence-electron chi connectivity index (χ0n) is 15.9. The van der Waals surface area contributed by atoms with Crippen molar-refractivity contribution in [1.82, 2.24) is 19.8 Å². The van der Waals surface area contributed by atoms with Crippen molar-refractivity contribution in [3.63, 3.8) is 0 Å². The Morgan fingerprint density at radius 2 is 1.86 bits per heavy atom. The highest BCUT2D eigenvalue weighted by Crippen LogP contribution is 2.32. The molecule has 1 N–H and O–H groups in total. The number of halogens is 3. The Hall–Kier alpha value is -2.84. The fourth-order valence-corrected chi connectivity index (χ4v) is 3.01. The van der Waals surface area contributed by atoms with Gasteiger partial charge < -0.3 is 10.1 Å². The second-order valence-corrected chi connectivity index (χ2v) is 6.81. The number of hydrogen-bond donors (Lipinski definition) is 1. The molecule has 6 nitrogen and oxygen atoms in total. The van der Waals surface area contributed by atoms with E-state index in [1.807, 2.05) is 31.2 Å². The van der Waals surface area contributed by atoms with E-state index in [9.17, 15) is 13.2 Å². The first-order valence-corrected chi connectivity index (χ1v) is 9.07. The zero-order valence-corrected chi connectivity index (χ0v) is 15.9. The van der Waals surface area contributed by atoms with Crippen LogP contribution in [0.15, 0.2) is 36.4 Å². The van der Waals surface area contributed by atoms with Gasteiger partial charge in [0.05, 0.1) is 12.6 Å². The summed E-state index contributed by atoms with van der Waals surface area (Å²) in [7, 11) is 0. The number of nitrogens with one attached hydrogen (secondary N) is 1. The summed E-state index contributed by atoms with van der Waals surface area (Å²) < 4.78 is 45.8. The van der Waals surface area contributed by atoms with Crippen molar-refractivity contribution < 1.29 is 17.9 Å². The van der Waals surface area contributed by atoms with Gasteiger partial charge in [-0.1, -0.05) is 32.0 Å². The summed E-state index contributed by atoms with van der Waals surface area (Å²) >= 11 is 0. The van der Waals surface area contributed by atoms with Crippen molar-refractivity contribution >= 4 is 11.5 Å². The third-order valence-electron chi connectivity index (χ3n) is 4.14. The molecular formula is C19H22F3N5O. The normalized spacial score (nSPS) is 13.1. The summed E-state index contributed by atoms with van der Waals surface area (Å²) in [6, 6.07) is 10.5. The second kappa shape index (κ2) is 8.04. The largest absolute Gasteiger partial charge is 0.494 e. The van der Waals surface area contributed by atoms with E-state index in [4.69, 9.17) is 4.74 Å². The highest BCUT2D eigenvalue weighted by Gasteiger charge is 2.37. The maximum Gasteiger partial charge on any atom is 0.453 e. The van der Waals surface area contributed by atoms with Crippen LogP contribution in [0.4, 0.5) is 19.0 Å². The SMILES string of the molecule is CCOc1ccccc1C(CC(C)C)Nc1ccc2nnc(C(F)(F)F)n2n1. The van der Waals surface area contributed by atoms with Gasteiger partial charge >= 0.3 is 6.18 Å². The topological polar surface area (TPSA) is 64.3 Å². The molecule has 0 fully saturated rings. The van der Waals surface area contributed by atoms with Gasteiger partial charge in [-0.3, -0.25) is 0 Å².